The van der Waals surface area contributed by atoms with Crippen LogP contribution in [0.15, 0.2) is 45.8 Å². The third-order valence-corrected chi connectivity index (χ3v) is 5.70. The lowest BCUT2D eigenvalue weighted by Crippen LogP contribution is -2.36. The number of hydrogen-bond donors (Lipinski definition) is 2. The van der Waals surface area contributed by atoms with Crippen molar-refractivity contribution in [3.8, 4) is 11.5 Å². The van der Waals surface area contributed by atoms with Gasteiger partial charge in [0.25, 0.3) is 11.1 Å². The lowest BCUT2D eigenvalue weighted by molar-refractivity contribution is -0.127. The molecule has 0 bridgehead atoms. The van der Waals surface area contributed by atoms with E-state index in [1.54, 1.807) is 24.3 Å². The first kappa shape index (κ1) is 22.2. The molecule has 3 amide bonds. The van der Waals surface area contributed by atoms with Crippen molar-refractivity contribution in [1.82, 2.24) is 4.90 Å². The lowest BCUT2D eigenvalue weighted by atomic mass is 10.2. The predicted molar refractivity (Wildman–Crippen MR) is 120 cm³/mol. The monoisotopic (exact) mass is 510 g/mol. The van der Waals surface area contributed by atoms with Crippen LogP contribution in [0.2, 0.25) is 5.02 Å². The van der Waals surface area contributed by atoms with E-state index in [2.05, 4.69) is 21.2 Å². The maximum Gasteiger partial charge on any atom is 0.294 e. The molecule has 1 aliphatic heterocycles. The number of aromatic hydroxyl groups is 1. The van der Waals surface area contributed by atoms with Crippen molar-refractivity contribution in [1.29, 1.82) is 0 Å². The molecule has 0 aliphatic carbocycles. The van der Waals surface area contributed by atoms with Gasteiger partial charge in [0.2, 0.25) is 5.91 Å². The molecule has 2 N–H and O–H groups in total. The first-order chi connectivity index (χ1) is 14.3. The normalized spacial score (nSPS) is 15.0. The minimum absolute atomic E-state index is 0.0818. The zero-order valence-corrected chi connectivity index (χ0v) is 18.8. The number of phenols is 1. The number of carbonyl (C=O) groups excluding carboxylic acids is 3. The standard InChI is InChI=1S/C20H16BrClN2O5S/c1-2-29-14-5-3-13(4-6-14)23-17(25)10-24-19(27)16(30-20(24)28)8-11-7-12(22)9-15(21)18(11)26/h3-9,26H,2,10H2,1H3,(H,23,25)/b16-8+. The second-order valence-electron chi connectivity index (χ2n) is 6.10. The van der Waals surface area contributed by atoms with E-state index in [1.165, 1.54) is 18.2 Å². The topological polar surface area (TPSA) is 95.9 Å². The number of imide groups is 1. The van der Waals surface area contributed by atoms with Crippen molar-refractivity contribution in [3.05, 3.63) is 56.4 Å². The first-order valence-electron chi connectivity index (χ1n) is 8.74. The average Bonchev–Trinajstić information content (AvgIpc) is 2.95. The van der Waals surface area contributed by atoms with Gasteiger partial charge in [-0.3, -0.25) is 19.3 Å². The molecular formula is C20H16BrClN2O5S. The third-order valence-electron chi connectivity index (χ3n) is 3.97. The molecule has 0 saturated carbocycles. The van der Waals surface area contributed by atoms with E-state index < -0.39 is 23.6 Å². The SMILES string of the molecule is CCOc1ccc(NC(=O)CN2C(=O)S/C(=C/c3cc(Cl)cc(Br)c3O)C2=O)cc1. The summed E-state index contributed by atoms with van der Waals surface area (Å²) >= 11 is 9.83. The summed E-state index contributed by atoms with van der Waals surface area (Å²) in [6.45, 7) is 1.97. The number of anilines is 1. The molecule has 1 saturated heterocycles. The van der Waals surface area contributed by atoms with Gasteiger partial charge in [-0.15, -0.1) is 0 Å². The second-order valence-corrected chi connectivity index (χ2v) is 8.38. The average molecular weight is 512 g/mol. The van der Waals surface area contributed by atoms with Crippen molar-refractivity contribution < 1.29 is 24.2 Å². The molecule has 2 aromatic rings. The van der Waals surface area contributed by atoms with Crippen LogP contribution < -0.4 is 10.1 Å². The number of thioether (sulfide) groups is 1. The molecule has 2 aromatic carbocycles. The summed E-state index contributed by atoms with van der Waals surface area (Å²) in [5.41, 5.74) is 0.790. The van der Waals surface area contributed by atoms with Gasteiger partial charge >= 0.3 is 0 Å². The highest BCUT2D eigenvalue weighted by Gasteiger charge is 2.36. The van der Waals surface area contributed by atoms with Gasteiger partial charge in [-0.2, -0.15) is 0 Å². The minimum Gasteiger partial charge on any atom is -0.506 e. The van der Waals surface area contributed by atoms with Crippen molar-refractivity contribution in [2.24, 2.45) is 0 Å². The molecule has 156 valence electrons. The van der Waals surface area contributed by atoms with Gasteiger partial charge in [0.15, 0.2) is 0 Å². The number of rotatable bonds is 6. The van der Waals surface area contributed by atoms with Crippen LogP contribution in [-0.2, 0) is 9.59 Å². The van der Waals surface area contributed by atoms with Gasteiger partial charge < -0.3 is 15.2 Å². The van der Waals surface area contributed by atoms with Gasteiger partial charge in [0.1, 0.15) is 18.0 Å². The van der Waals surface area contributed by atoms with E-state index in [0.717, 1.165) is 4.90 Å². The van der Waals surface area contributed by atoms with Crippen LogP contribution in [0, 0.1) is 0 Å². The highest BCUT2D eigenvalue weighted by Crippen LogP contribution is 2.37. The lowest BCUT2D eigenvalue weighted by Gasteiger charge is -2.12. The van der Waals surface area contributed by atoms with Crippen molar-refractivity contribution >= 4 is 68.1 Å². The largest absolute Gasteiger partial charge is 0.506 e. The van der Waals surface area contributed by atoms with E-state index in [9.17, 15) is 19.5 Å². The highest BCUT2D eigenvalue weighted by molar-refractivity contribution is 9.10. The molecule has 0 atom stereocenters. The molecule has 0 aromatic heterocycles. The summed E-state index contributed by atoms with van der Waals surface area (Å²) in [4.78, 5) is 38.1. The quantitative estimate of drug-likeness (QED) is 0.537. The van der Waals surface area contributed by atoms with Crippen LogP contribution >= 0.6 is 39.3 Å². The van der Waals surface area contributed by atoms with Gasteiger partial charge in [-0.1, -0.05) is 11.6 Å². The number of nitrogens with one attached hydrogen (secondary N) is 1. The third kappa shape index (κ3) is 5.16. The van der Waals surface area contributed by atoms with Crippen molar-refractivity contribution in [2.75, 3.05) is 18.5 Å². The fourth-order valence-corrected chi connectivity index (χ4v) is 4.28. The molecule has 7 nitrogen and oxygen atoms in total. The molecular weight excluding hydrogens is 496 g/mol. The Hall–Kier alpha value is -2.49. The zero-order chi connectivity index (χ0) is 21.8. The summed E-state index contributed by atoms with van der Waals surface area (Å²) in [6, 6.07) is 9.71. The van der Waals surface area contributed by atoms with Crippen molar-refractivity contribution in [2.45, 2.75) is 6.92 Å². The van der Waals surface area contributed by atoms with E-state index in [4.69, 9.17) is 16.3 Å². The Kier molecular flexibility index (Phi) is 7.06. The van der Waals surface area contributed by atoms with Crippen molar-refractivity contribution in [3.63, 3.8) is 0 Å². The molecule has 3 rings (SSSR count). The Bertz CT molecular complexity index is 1040. The molecule has 30 heavy (non-hydrogen) atoms. The van der Waals surface area contributed by atoms with E-state index in [0.29, 0.717) is 39.3 Å². The first-order valence-corrected chi connectivity index (χ1v) is 10.7. The molecule has 0 radical (unpaired) electrons. The zero-order valence-electron chi connectivity index (χ0n) is 15.6. The van der Waals surface area contributed by atoms with Gasteiger partial charge in [-0.25, -0.2) is 0 Å². The molecule has 0 unspecified atom stereocenters. The number of ether oxygens (including phenoxy) is 1. The fraction of sp³-hybridized carbons (Fsp3) is 0.150. The number of benzene rings is 2. The number of carbonyl (C=O) groups is 3. The smallest absolute Gasteiger partial charge is 0.294 e. The number of halogens is 2. The van der Waals surface area contributed by atoms with Crippen LogP contribution in [-0.4, -0.2) is 40.2 Å². The Morgan fingerprint density at radius 2 is 2.00 bits per heavy atom. The highest BCUT2D eigenvalue weighted by atomic mass is 79.9. The van der Waals surface area contributed by atoms with Crippen LogP contribution in [0.3, 0.4) is 0 Å². The minimum atomic E-state index is -0.623. The molecule has 1 fully saturated rings. The molecule has 0 spiro atoms. The summed E-state index contributed by atoms with van der Waals surface area (Å²) < 4.78 is 5.69. The molecule has 10 heteroatoms. The maximum absolute atomic E-state index is 12.6. The van der Waals surface area contributed by atoms with Gasteiger partial charge in [-0.05, 0) is 77.1 Å². The van der Waals surface area contributed by atoms with E-state index in [-0.39, 0.29) is 16.2 Å². The van der Waals surface area contributed by atoms with Gasteiger partial charge in [0, 0.05) is 16.3 Å². The Labute approximate surface area is 190 Å². The number of nitrogens with zero attached hydrogens (tertiary/aromatic N) is 1. The van der Waals surface area contributed by atoms with E-state index in [1.807, 2.05) is 6.92 Å². The summed E-state index contributed by atoms with van der Waals surface area (Å²) in [7, 11) is 0. The van der Waals surface area contributed by atoms with Crippen LogP contribution in [0.5, 0.6) is 11.5 Å². The summed E-state index contributed by atoms with van der Waals surface area (Å²) in [6.07, 6.45) is 1.36. The number of phenolic OH excluding ortho intramolecular Hbond substituents is 1. The summed E-state index contributed by atoms with van der Waals surface area (Å²) in [5.74, 6) is -0.583. The number of hydrogen-bond acceptors (Lipinski definition) is 6. The van der Waals surface area contributed by atoms with Crippen LogP contribution in [0.1, 0.15) is 12.5 Å². The maximum atomic E-state index is 12.6. The predicted octanol–water partition coefficient (Wildman–Crippen LogP) is 4.88. The number of amides is 3. The van der Waals surface area contributed by atoms with Crippen LogP contribution in [0.4, 0.5) is 10.5 Å². The van der Waals surface area contributed by atoms with Crippen LogP contribution in [0.25, 0.3) is 6.08 Å². The molecule has 1 aliphatic rings. The Morgan fingerprint density at radius 1 is 1.30 bits per heavy atom. The van der Waals surface area contributed by atoms with E-state index >= 15 is 0 Å². The second kappa shape index (κ2) is 9.55. The van der Waals surface area contributed by atoms with Gasteiger partial charge in [0.05, 0.1) is 16.0 Å². The molecule has 1 heterocycles. The Morgan fingerprint density at radius 3 is 2.67 bits per heavy atom. The fourth-order valence-electron chi connectivity index (χ4n) is 2.62. The Balaban J connectivity index is 1.70. The summed E-state index contributed by atoms with van der Waals surface area (Å²) in [5, 5.41) is 12.5.